The molecule has 6 nitrogen and oxygen atoms in total. The highest BCUT2D eigenvalue weighted by molar-refractivity contribution is 7.10. The number of ether oxygens (including phenoxy) is 2. The average Bonchev–Trinajstić information content (AvgIpc) is 3.39. The number of rotatable bonds is 10. The van der Waals surface area contributed by atoms with Crippen molar-refractivity contribution in [3.63, 3.8) is 0 Å². The predicted octanol–water partition coefficient (Wildman–Crippen LogP) is 5.45. The molecule has 1 atom stereocenters. The first-order chi connectivity index (χ1) is 17.5. The van der Waals surface area contributed by atoms with Gasteiger partial charge in [0.2, 0.25) is 5.91 Å². The molecule has 1 aliphatic heterocycles. The Hall–Kier alpha value is -3.32. The molecule has 0 saturated heterocycles. The molecule has 0 unspecified atom stereocenters. The number of nitrogens with zero attached hydrogens (tertiary/aromatic N) is 2. The van der Waals surface area contributed by atoms with Crippen LogP contribution in [0, 0.1) is 5.92 Å². The molecular weight excluding hydrogens is 472 g/mol. The van der Waals surface area contributed by atoms with Gasteiger partial charge in [-0.15, -0.1) is 11.3 Å². The van der Waals surface area contributed by atoms with Crippen molar-refractivity contribution in [2.24, 2.45) is 5.92 Å². The van der Waals surface area contributed by atoms with Crippen LogP contribution in [0.5, 0.6) is 11.5 Å². The number of para-hydroxylation sites is 1. The summed E-state index contributed by atoms with van der Waals surface area (Å²) in [7, 11) is 1.60. The Bertz CT molecular complexity index is 1140. The minimum absolute atomic E-state index is 0.0406. The molecule has 190 valence electrons. The number of hydrogen-bond acceptors (Lipinski definition) is 5. The van der Waals surface area contributed by atoms with Crippen LogP contribution in [0.15, 0.2) is 66.0 Å². The van der Waals surface area contributed by atoms with Crippen LogP contribution in [0.2, 0.25) is 0 Å². The first-order valence-electron chi connectivity index (χ1n) is 12.4. The molecule has 1 aromatic heterocycles. The van der Waals surface area contributed by atoms with Gasteiger partial charge in [0, 0.05) is 23.5 Å². The van der Waals surface area contributed by atoms with Gasteiger partial charge < -0.3 is 19.3 Å². The largest absolute Gasteiger partial charge is 0.497 e. The van der Waals surface area contributed by atoms with Crippen molar-refractivity contribution in [3.8, 4) is 11.5 Å². The second-order valence-corrected chi connectivity index (χ2v) is 10.4. The fourth-order valence-electron chi connectivity index (χ4n) is 4.40. The van der Waals surface area contributed by atoms with Gasteiger partial charge in [-0.3, -0.25) is 9.59 Å². The summed E-state index contributed by atoms with van der Waals surface area (Å²) >= 11 is 1.73. The Morgan fingerprint density at radius 2 is 1.81 bits per heavy atom. The zero-order valence-electron chi connectivity index (χ0n) is 21.2. The van der Waals surface area contributed by atoms with Crippen LogP contribution in [0.4, 0.5) is 0 Å². The van der Waals surface area contributed by atoms with E-state index < -0.39 is 0 Å². The quantitative estimate of drug-likeness (QED) is 0.367. The van der Waals surface area contributed by atoms with E-state index in [0.717, 1.165) is 24.2 Å². The lowest BCUT2D eigenvalue weighted by Crippen LogP contribution is -2.48. The minimum Gasteiger partial charge on any atom is -0.497 e. The third-order valence-electron chi connectivity index (χ3n) is 6.49. The van der Waals surface area contributed by atoms with Gasteiger partial charge in [0.15, 0.2) is 0 Å². The smallest absolute Gasteiger partial charge is 0.254 e. The molecule has 0 radical (unpaired) electrons. The zero-order valence-corrected chi connectivity index (χ0v) is 22.0. The van der Waals surface area contributed by atoms with E-state index in [9.17, 15) is 9.59 Å². The molecule has 0 fully saturated rings. The number of hydrogen-bond donors (Lipinski definition) is 0. The van der Waals surface area contributed by atoms with Crippen molar-refractivity contribution >= 4 is 23.2 Å². The van der Waals surface area contributed by atoms with Crippen molar-refractivity contribution in [1.29, 1.82) is 0 Å². The first-order valence-corrected chi connectivity index (χ1v) is 13.3. The number of carbonyl (C=O) groups is 2. The van der Waals surface area contributed by atoms with Crippen LogP contribution in [0.3, 0.4) is 0 Å². The third-order valence-corrected chi connectivity index (χ3v) is 7.49. The second kappa shape index (κ2) is 12.1. The van der Waals surface area contributed by atoms with Gasteiger partial charge in [-0.25, -0.2) is 0 Å². The molecule has 36 heavy (non-hydrogen) atoms. The van der Waals surface area contributed by atoms with Crippen LogP contribution >= 0.6 is 11.3 Å². The molecule has 2 amide bonds. The molecule has 4 rings (SSSR count). The lowest BCUT2D eigenvalue weighted by molar-refractivity contribution is -0.135. The molecule has 1 aliphatic rings. The van der Waals surface area contributed by atoms with E-state index in [1.165, 1.54) is 4.88 Å². The van der Waals surface area contributed by atoms with E-state index in [1.54, 1.807) is 47.6 Å². The Morgan fingerprint density at radius 3 is 2.50 bits per heavy atom. The fraction of sp³-hybridized carbons (Fsp3) is 0.379. The molecule has 3 aromatic rings. The lowest BCUT2D eigenvalue weighted by Gasteiger charge is -2.37. The standard InChI is InChI=1S/C29H34N2O4S/c1-21(2)13-16-30(29(33)22-9-11-23(34-3)12-10-22)19-28(32)31-17-14-27-25(15-18-36-27)26(31)20-35-24-7-5-4-6-8-24/h4-12,15,18,21,26H,13-14,16-17,19-20H2,1-3H3/t26-/m0/s1. The van der Waals surface area contributed by atoms with Crippen molar-refractivity contribution in [1.82, 2.24) is 9.80 Å². The van der Waals surface area contributed by atoms with E-state index in [-0.39, 0.29) is 24.4 Å². The van der Waals surface area contributed by atoms with Crippen LogP contribution in [-0.4, -0.2) is 55.0 Å². The summed E-state index contributed by atoms with van der Waals surface area (Å²) in [5.74, 6) is 1.69. The van der Waals surface area contributed by atoms with Crippen molar-refractivity contribution in [2.45, 2.75) is 32.7 Å². The molecule has 0 N–H and O–H groups in total. The molecule has 7 heteroatoms. The van der Waals surface area contributed by atoms with Gasteiger partial charge in [-0.2, -0.15) is 0 Å². The van der Waals surface area contributed by atoms with Gasteiger partial charge in [0.25, 0.3) is 5.91 Å². The number of carbonyl (C=O) groups excluding carboxylic acids is 2. The lowest BCUT2D eigenvalue weighted by atomic mass is 10.00. The highest BCUT2D eigenvalue weighted by Crippen LogP contribution is 2.34. The normalized spacial score (nSPS) is 14.9. The van der Waals surface area contributed by atoms with Crippen LogP contribution in [0.1, 0.15) is 47.1 Å². The van der Waals surface area contributed by atoms with Crippen LogP contribution < -0.4 is 9.47 Å². The molecule has 0 bridgehead atoms. The summed E-state index contributed by atoms with van der Waals surface area (Å²) in [6, 6.07) is 18.6. The van der Waals surface area contributed by atoms with Crippen LogP contribution in [0.25, 0.3) is 0 Å². The molecule has 0 saturated carbocycles. The first kappa shape index (κ1) is 25.8. The zero-order chi connectivity index (χ0) is 25.5. The monoisotopic (exact) mass is 506 g/mol. The maximum atomic E-state index is 13.7. The number of thiophene rings is 1. The molecular formula is C29H34N2O4S. The number of amides is 2. The topological polar surface area (TPSA) is 59.1 Å². The highest BCUT2D eigenvalue weighted by Gasteiger charge is 2.33. The van der Waals surface area contributed by atoms with Gasteiger partial charge in [0.1, 0.15) is 24.7 Å². The Balaban J connectivity index is 1.52. The number of methoxy groups -OCH3 is 1. The highest BCUT2D eigenvalue weighted by atomic mass is 32.1. The van der Waals surface area contributed by atoms with Gasteiger partial charge in [-0.1, -0.05) is 32.0 Å². The van der Waals surface area contributed by atoms with Crippen LogP contribution in [-0.2, 0) is 11.2 Å². The van der Waals surface area contributed by atoms with E-state index in [4.69, 9.17) is 9.47 Å². The van der Waals surface area contributed by atoms with Gasteiger partial charge >= 0.3 is 0 Å². The summed E-state index contributed by atoms with van der Waals surface area (Å²) in [6.07, 6.45) is 1.64. The maximum Gasteiger partial charge on any atom is 0.254 e. The number of fused-ring (bicyclic) bond motifs is 1. The van der Waals surface area contributed by atoms with E-state index in [1.807, 2.05) is 35.2 Å². The summed E-state index contributed by atoms with van der Waals surface area (Å²) in [6.45, 7) is 5.80. The Labute approximate surface area is 217 Å². The van der Waals surface area contributed by atoms with E-state index in [0.29, 0.717) is 36.9 Å². The molecule has 2 heterocycles. The average molecular weight is 507 g/mol. The molecule has 0 spiro atoms. The minimum atomic E-state index is -0.184. The predicted molar refractivity (Wildman–Crippen MR) is 143 cm³/mol. The van der Waals surface area contributed by atoms with Crippen molar-refractivity contribution < 1.29 is 19.1 Å². The van der Waals surface area contributed by atoms with Crippen molar-refractivity contribution in [2.75, 3.05) is 33.4 Å². The summed E-state index contributed by atoms with van der Waals surface area (Å²) in [5, 5.41) is 2.08. The molecule has 0 aliphatic carbocycles. The van der Waals surface area contributed by atoms with Gasteiger partial charge in [0.05, 0.1) is 13.2 Å². The number of benzene rings is 2. The Morgan fingerprint density at radius 1 is 1.06 bits per heavy atom. The third kappa shape index (κ3) is 6.26. The van der Waals surface area contributed by atoms with E-state index >= 15 is 0 Å². The summed E-state index contributed by atoms with van der Waals surface area (Å²) in [4.78, 5) is 32.0. The fourth-order valence-corrected chi connectivity index (χ4v) is 5.33. The van der Waals surface area contributed by atoms with Gasteiger partial charge in [-0.05, 0) is 72.2 Å². The SMILES string of the molecule is COc1ccc(C(=O)N(CCC(C)C)CC(=O)N2CCc3sccc3[C@@H]2COc2ccccc2)cc1. The summed E-state index contributed by atoms with van der Waals surface area (Å²) < 4.78 is 11.3. The second-order valence-electron chi connectivity index (χ2n) is 9.41. The maximum absolute atomic E-state index is 13.7. The summed E-state index contributed by atoms with van der Waals surface area (Å²) in [5.41, 5.74) is 1.70. The van der Waals surface area contributed by atoms with E-state index in [2.05, 4.69) is 25.3 Å². The van der Waals surface area contributed by atoms with Crippen molar-refractivity contribution in [3.05, 3.63) is 82.0 Å². The Kier molecular flexibility index (Phi) is 8.65. The molecule has 2 aromatic carbocycles.